The summed E-state index contributed by atoms with van der Waals surface area (Å²) in [6.07, 6.45) is 3.78. The molecule has 1 fully saturated rings. The molecule has 176 valence electrons. The monoisotopic (exact) mass is 477 g/mol. The zero-order valence-electron chi connectivity index (χ0n) is 19.9. The summed E-state index contributed by atoms with van der Waals surface area (Å²) in [4.78, 5) is 30.9. The third-order valence-electron chi connectivity index (χ3n) is 6.20. The molecule has 3 aliphatic heterocycles. The van der Waals surface area contributed by atoms with Gasteiger partial charge in [-0.05, 0) is 17.7 Å². The van der Waals surface area contributed by atoms with Crippen LogP contribution in [0.15, 0.2) is 40.5 Å². The zero-order valence-corrected chi connectivity index (χ0v) is 20.7. The molecule has 5 heterocycles. The minimum absolute atomic E-state index is 0.326. The average molecular weight is 478 g/mol. The van der Waals surface area contributed by atoms with Crippen molar-refractivity contribution in [3.05, 3.63) is 36.2 Å². The highest BCUT2D eigenvalue weighted by molar-refractivity contribution is 7.99. The standard InChI is InChI=1S/C23H27N9OS/c1-28(2)19-18-20(27-23(26-19)29(3)4)31(17-12-30(17)18)11-14-6-7-16-15(10-14)32(13-33-5)21-22(34-16)25-9-8-24-21/h6-10,17H,11-13H2,1-5H3. The van der Waals surface area contributed by atoms with Crippen molar-refractivity contribution >= 4 is 46.5 Å². The Morgan fingerprint density at radius 3 is 2.65 bits per heavy atom. The molecule has 0 N–H and O–H groups in total. The Morgan fingerprint density at radius 1 is 1.06 bits per heavy atom. The van der Waals surface area contributed by atoms with Crippen LogP contribution in [-0.4, -0.2) is 74.7 Å². The summed E-state index contributed by atoms with van der Waals surface area (Å²) in [7, 11) is 9.74. The van der Waals surface area contributed by atoms with E-state index in [1.165, 1.54) is 5.56 Å². The molecule has 1 aromatic carbocycles. The molecule has 1 unspecified atom stereocenters. The lowest BCUT2D eigenvalue weighted by Crippen LogP contribution is -2.27. The van der Waals surface area contributed by atoms with Gasteiger partial charge in [0, 0.05) is 59.1 Å². The van der Waals surface area contributed by atoms with Gasteiger partial charge in [0.25, 0.3) is 0 Å². The van der Waals surface area contributed by atoms with E-state index in [0.717, 1.165) is 57.8 Å². The maximum atomic E-state index is 5.52. The fourth-order valence-electron chi connectivity index (χ4n) is 4.55. The smallest absolute Gasteiger partial charge is 0.228 e. The second kappa shape index (κ2) is 7.88. The van der Waals surface area contributed by atoms with E-state index < -0.39 is 0 Å². The first-order chi connectivity index (χ1) is 16.5. The number of hydrogen-bond acceptors (Lipinski definition) is 11. The number of anilines is 6. The highest BCUT2D eigenvalue weighted by Crippen LogP contribution is 2.52. The molecular formula is C23H27N9OS. The first-order valence-corrected chi connectivity index (χ1v) is 12.0. The number of ether oxygens (including phenoxy) is 1. The van der Waals surface area contributed by atoms with E-state index in [9.17, 15) is 0 Å². The van der Waals surface area contributed by atoms with E-state index in [1.807, 2.05) is 33.1 Å². The Kier molecular flexibility index (Phi) is 4.92. The van der Waals surface area contributed by atoms with E-state index in [1.54, 1.807) is 31.3 Å². The van der Waals surface area contributed by atoms with Crippen LogP contribution in [0, 0.1) is 0 Å². The van der Waals surface area contributed by atoms with Crippen LogP contribution in [0.1, 0.15) is 5.56 Å². The molecule has 2 aromatic heterocycles. The number of methoxy groups -OCH3 is 1. The van der Waals surface area contributed by atoms with Crippen LogP contribution in [0.2, 0.25) is 0 Å². The number of benzene rings is 1. The summed E-state index contributed by atoms with van der Waals surface area (Å²) in [6, 6.07) is 6.61. The van der Waals surface area contributed by atoms with Gasteiger partial charge >= 0.3 is 0 Å². The number of aromatic nitrogens is 4. The molecule has 0 saturated carbocycles. The number of hydrogen-bond donors (Lipinski definition) is 0. The van der Waals surface area contributed by atoms with Gasteiger partial charge in [0.1, 0.15) is 23.6 Å². The van der Waals surface area contributed by atoms with Gasteiger partial charge in [-0.1, -0.05) is 17.8 Å². The molecule has 3 aliphatic rings. The summed E-state index contributed by atoms with van der Waals surface area (Å²) in [5.74, 6) is 3.51. The van der Waals surface area contributed by atoms with Crippen LogP contribution in [-0.2, 0) is 11.3 Å². The lowest BCUT2D eigenvalue weighted by atomic mass is 10.1. The van der Waals surface area contributed by atoms with Crippen LogP contribution in [0.5, 0.6) is 0 Å². The molecule has 3 aromatic rings. The topological polar surface area (TPSA) is 76.8 Å². The molecule has 34 heavy (non-hydrogen) atoms. The molecule has 0 radical (unpaired) electrons. The van der Waals surface area contributed by atoms with Gasteiger partial charge < -0.3 is 24.3 Å². The highest BCUT2D eigenvalue weighted by Gasteiger charge is 2.51. The second-order valence-corrected chi connectivity index (χ2v) is 10.0. The van der Waals surface area contributed by atoms with E-state index in [2.05, 4.69) is 47.8 Å². The average Bonchev–Trinajstić information content (AvgIpc) is 3.56. The van der Waals surface area contributed by atoms with Crippen LogP contribution < -0.4 is 24.5 Å². The number of fused-ring (bicyclic) bond motifs is 5. The van der Waals surface area contributed by atoms with Crippen molar-refractivity contribution in [3.8, 4) is 0 Å². The SMILES string of the molecule is COCN1c2cc(CN3c4nc(N(C)C)nc(N(C)C)c4N4CC34)ccc2Sc2nccnc21. The third-order valence-corrected chi connectivity index (χ3v) is 7.24. The maximum Gasteiger partial charge on any atom is 0.228 e. The van der Waals surface area contributed by atoms with Crippen LogP contribution in [0.25, 0.3) is 0 Å². The molecule has 11 heteroatoms. The van der Waals surface area contributed by atoms with Gasteiger partial charge in [0.2, 0.25) is 5.95 Å². The van der Waals surface area contributed by atoms with Gasteiger partial charge in [-0.25, -0.2) is 9.97 Å². The van der Waals surface area contributed by atoms with Gasteiger partial charge in [-0.2, -0.15) is 9.97 Å². The van der Waals surface area contributed by atoms with Gasteiger partial charge in [-0.15, -0.1) is 0 Å². The summed E-state index contributed by atoms with van der Waals surface area (Å²) < 4.78 is 5.52. The first kappa shape index (κ1) is 21.2. The maximum absolute atomic E-state index is 5.52. The lowest BCUT2D eigenvalue weighted by Gasteiger charge is -2.31. The van der Waals surface area contributed by atoms with E-state index in [4.69, 9.17) is 14.7 Å². The summed E-state index contributed by atoms with van der Waals surface area (Å²) >= 11 is 1.65. The molecule has 0 aliphatic carbocycles. The van der Waals surface area contributed by atoms with Crippen molar-refractivity contribution in [2.45, 2.75) is 22.6 Å². The van der Waals surface area contributed by atoms with Crippen molar-refractivity contribution < 1.29 is 4.74 Å². The fraction of sp³-hybridized carbons (Fsp3) is 0.391. The number of nitrogens with zero attached hydrogens (tertiary/aromatic N) is 9. The predicted octanol–water partition coefficient (Wildman–Crippen LogP) is 2.77. The Labute approximate surface area is 203 Å². The van der Waals surface area contributed by atoms with Gasteiger partial charge in [0.05, 0.1) is 12.2 Å². The van der Waals surface area contributed by atoms with Crippen molar-refractivity contribution in [3.63, 3.8) is 0 Å². The van der Waals surface area contributed by atoms with Crippen molar-refractivity contribution in [2.75, 3.05) is 73.1 Å². The summed E-state index contributed by atoms with van der Waals surface area (Å²) in [5.41, 5.74) is 3.43. The molecule has 1 saturated heterocycles. The zero-order chi connectivity index (χ0) is 23.6. The molecule has 1 atom stereocenters. The van der Waals surface area contributed by atoms with Crippen molar-refractivity contribution in [1.29, 1.82) is 0 Å². The normalized spacial score (nSPS) is 17.2. The summed E-state index contributed by atoms with van der Waals surface area (Å²) in [5, 5.41) is 0.894. The fourth-order valence-corrected chi connectivity index (χ4v) is 5.54. The minimum atomic E-state index is 0.326. The third kappa shape index (κ3) is 3.30. The second-order valence-electron chi connectivity index (χ2n) is 9.00. The van der Waals surface area contributed by atoms with Crippen LogP contribution in [0.3, 0.4) is 0 Å². The Hall–Kier alpha value is -3.31. The molecular weight excluding hydrogens is 450 g/mol. The van der Waals surface area contributed by atoms with Crippen LogP contribution in [0.4, 0.5) is 34.8 Å². The van der Waals surface area contributed by atoms with E-state index in [-0.39, 0.29) is 0 Å². The highest BCUT2D eigenvalue weighted by atomic mass is 32.2. The molecule has 0 bridgehead atoms. The number of rotatable bonds is 6. The molecule has 0 spiro atoms. The van der Waals surface area contributed by atoms with E-state index in [0.29, 0.717) is 12.9 Å². The predicted molar refractivity (Wildman–Crippen MR) is 135 cm³/mol. The lowest BCUT2D eigenvalue weighted by molar-refractivity contribution is 0.204. The Bertz CT molecular complexity index is 1270. The van der Waals surface area contributed by atoms with Crippen molar-refractivity contribution in [1.82, 2.24) is 19.9 Å². The first-order valence-electron chi connectivity index (χ1n) is 11.1. The quantitative estimate of drug-likeness (QED) is 0.492. The van der Waals surface area contributed by atoms with Crippen LogP contribution >= 0.6 is 11.8 Å². The largest absolute Gasteiger partial charge is 0.364 e. The summed E-state index contributed by atoms with van der Waals surface area (Å²) in [6.45, 7) is 2.17. The van der Waals surface area contributed by atoms with Gasteiger partial charge in [0.15, 0.2) is 17.5 Å². The molecule has 10 nitrogen and oxygen atoms in total. The van der Waals surface area contributed by atoms with Gasteiger partial charge in [-0.3, -0.25) is 4.90 Å². The van der Waals surface area contributed by atoms with Crippen molar-refractivity contribution in [2.24, 2.45) is 0 Å². The van der Waals surface area contributed by atoms with E-state index >= 15 is 0 Å². The minimum Gasteiger partial charge on any atom is -0.364 e. The molecule has 0 amide bonds. The Balaban J connectivity index is 1.36. The molecule has 6 rings (SSSR count). The Morgan fingerprint density at radius 2 is 1.88 bits per heavy atom.